The Hall–Kier alpha value is -3.58. The fourth-order valence-electron chi connectivity index (χ4n) is 2.64. The van der Waals surface area contributed by atoms with E-state index in [1.54, 1.807) is 30.3 Å². The van der Waals surface area contributed by atoms with Gasteiger partial charge < -0.3 is 10.6 Å². The quantitative estimate of drug-likeness (QED) is 0.556. The molecule has 7 heteroatoms. The third kappa shape index (κ3) is 5.95. The first-order valence-electron chi connectivity index (χ1n) is 8.82. The molecule has 0 bridgehead atoms. The molecule has 0 atom stereocenters. The van der Waals surface area contributed by atoms with Gasteiger partial charge in [0.1, 0.15) is 5.82 Å². The number of benzene rings is 3. The second kappa shape index (κ2) is 9.57. The van der Waals surface area contributed by atoms with Crippen LogP contribution in [-0.4, -0.2) is 16.9 Å². The molecule has 3 aromatic rings. The number of carbonyl (C=O) groups is 2. The zero-order chi connectivity index (χ0) is 20.6. The monoisotopic (exact) mass is 407 g/mol. The summed E-state index contributed by atoms with van der Waals surface area (Å²) < 4.78 is 13.7. The Labute approximate surface area is 173 Å². The highest BCUT2D eigenvalue weighted by molar-refractivity contribution is 7.80. The third-order valence-corrected chi connectivity index (χ3v) is 4.16. The molecule has 0 fully saturated rings. The summed E-state index contributed by atoms with van der Waals surface area (Å²) in [6.45, 7) is 0. The lowest BCUT2D eigenvalue weighted by Crippen LogP contribution is -2.34. The van der Waals surface area contributed by atoms with Crippen LogP contribution in [0.5, 0.6) is 0 Å². The van der Waals surface area contributed by atoms with Gasteiger partial charge >= 0.3 is 0 Å². The number of rotatable bonds is 5. The average Bonchev–Trinajstić information content (AvgIpc) is 2.69. The van der Waals surface area contributed by atoms with Gasteiger partial charge in [-0.05, 0) is 48.1 Å². The molecular formula is C22H18FN3O2S. The second-order valence-corrected chi connectivity index (χ2v) is 6.59. The van der Waals surface area contributed by atoms with Crippen molar-refractivity contribution in [2.75, 3.05) is 10.6 Å². The van der Waals surface area contributed by atoms with Gasteiger partial charge in [-0.3, -0.25) is 14.9 Å². The Morgan fingerprint density at radius 3 is 2.21 bits per heavy atom. The van der Waals surface area contributed by atoms with Crippen LogP contribution in [0, 0.1) is 5.82 Å². The van der Waals surface area contributed by atoms with Crippen molar-refractivity contribution in [3.63, 3.8) is 0 Å². The summed E-state index contributed by atoms with van der Waals surface area (Å²) in [5, 5.41) is 8.12. The molecule has 0 unspecified atom stereocenters. The largest absolute Gasteiger partial charge is 0.332 e. The van der Waals surface area contributed by atoms with Crippen LogP contribution < -0.4 is 16.0 Å². The van der Waals surface area contributed by atoms with Gasteiger partial charge in [0, 0.05) is 11.4 Å². The number of hydrogen-bond donors (Lipinski definition) is 3. The highest BCUT2D eigenvalue weighted by atomic mass is 32.1. The van der Waals surface area contributed by atoms with E-state index in [4.69, 9.17) is 12.2 Å². The van der Waals surface area contributed by atoms with Gasteiger partial charge in [0.05, 0.1) is 12.0 Å². The Bertz CT molecular complexity index is 1040. The molecule has 0 radical (unpaired) electrons. The molecule has 3 aromatic carbocycles. The molecule has 0 aliphatic carbocycles. The number of thiocarbonyl (C=S) groups is 1. The van der Waals surface area contributed by atoms with E-state index in [0.717, 1.165) is 5.56 Å². The fraction of sp³-hybridized carbons (Fsp3) is 0.0455. The third-order valence-electron chi connectivity index (χ3n) is 3.96. The van der Waals surface area contributed by atoms with E-state index in [1.165, 1.54) is 18.2 Å². The van der Waals surface area contributed by atoms with Crippen LogP contribution in [0.3, 0.4) is 0 Å². The van der Waals surface area contributed by atoms with Gasteiger partial charge in [-0.25, -0.2) is 4.39 Å². The minimum absolute atomic E-state index is 0.0195. The molecule has 146 valence electrons. The average molecular weight is 407 g/mol. The number of nitrogens with one attached hydrogen (secondary N) is 3. The van der Waals surface area contributed by atoms with E-state index < -0.39 is 11.7 Å². The molecule has 0 spiro atoms. The van der Waals surface area contributed by atoms with Gasteiger partial charge in [0.15, 0.2) is 5.11 Å². The summed E-state index contributed by atoms with van der Waals surface area (Å²) >= 11 is 5.12. The zero-order valence-corrected chi connectivity index (χ0v) is 16.1. The van der Waals surface area contributed by atoms with Crippen molar-refractivity contribution < 1.29 is 14.0 Å². The highest BCUT2D eigenvalue weighted by Crippen LogP contribution is 2.16. The molecule has 0 aliphatic rings. The molecule has 0 saturated heterocycles. The van der Waals surface area contributed by atoms with Crippen LogP contribution in [0.25, 0.3) is 0 Å². The summed E-state index contributed by atoms with van der Waals surface area (Å²) in [6, 6.07) is 22.0. The predicted molar refractivity (Wildman–Crippen MR) is 115 cm³/mol. The van der Waals surface area contributed by atoms with E-state index in [1.807, 2.05) is 30.3 Å². The number of hydrogen-bond acceptors (Lipinski definition) is 3. The number of amides is 2. The van der Waals surface area contributed by atoms with E-state index in [0.29, 0.717) is 11.4 Å². The van der Waals surface area contributed by atoms with Gasteiger partial charge in [0.25, 0.3) is 5.91 Å². The highest BCUT2D eigenvalue weighted by Gasteiger charge is 2.12. The van der Waals surface area contributed by atoms with E-state index in [-0.39, 0.29) is 23.0 Å². The topological polar surface area (TPSA) is 70.2 Å². The predicted octanol–water partition coefficient (Wildman–Crippen LogP) is 4.13. The summed E-state index contributed by atoms with van der Waals surface area (Å²) in [5.41, 5.74) is 1.97. The van der Waals surface area contributed by atoms with E-state index in [2.05, 4.69) is 16.0 Å². The number of halogens is 1. The van der Waals surface area contributed by atoms with Gasteiger partial charge in [-0.1, -0.05) is 48.5 Å². The van der Waals surface area contributed by atoms with Crippen LogP contribution in [-0.2, 0) is 11.2 Å². The lowest BCUT2D eigenvalue weighted by Gasteiger charge is -2.12. The SMILES string of the molecule is O=C(Cc1ccccc1)Nc1cccc(NC(=S)NC(=O)c2ccccc2F)c1. The Morgan fingerprint density at radius 2 is 1.48 bits per heavy atom. The van der Waals surface area contributed by atoms with Crippen molar-refractivity contribution >= 4 is 40.5 Å². The summed E-state index contributed by atoms with van der Waals surface area (Å²) in [4.78, 5) is 24.3. The van der Waals surface area contributed by atoms with E-state index >= 15 is 0 Å². The first-order chi connectivity index (χ1) is 14.0. The maximum atomic E-state index is 13.7. The lowest BCUT2D eigenvalue weighted by molar-refractivity contribution is -0.115. The molecule has 5 nitrogen and oxygen atoms in total. The van der Waals surface area contributed by atoms with Gasteiger partial charge in [-0.15, -0.1) is 0 Å². The van der Waals surface area contributed by atoms with Crippen LogP contribution in [0.4, 0.5) is 15.8 Å². The molecular weight excluding hydrogens is 389 g/mol. The lowest BCUT2D eigenvalue weighted by atomic mass is 10.1. The van der Waals surface area contributed by atoms with Crippen molar-refractivity contribution in [1.29, 1.82) is 0 Å². The maximum Gasteiger partial charge on any atom is 0.260 e. The molecule has 3 rings (SSSR count). The zero-order valence-electron chi connectivity index (χ0n) is 15.3. The molecule has 0 heterocycles. The molecule has 3 N–H and O–H groups in total. The number of carbonyl (C=O) groups excluding carboxylic acids is 2. The Morgan fingerprint density at radius 1 is 0.828 bits per heavy atom. The van der Waals surface area contributed by atoms with Crippen LogP contribution >= 0.6 is 12.2 Å². The van der Waals surface area contributed by atoms with Crippen molar-refractivity contribution in [3.05, 3.63) is 95.8 Å². The van der Waals surface area contributed by atoms with Gasteiger partial charge in [-0.2, -0.15) is 0 Å². The first-order valence-corrected chi connectivity index (χ1v) is 9.23. The summed E-state index contributed by atoms with van der Waals surface area (Å²) in [5.74, 6) is -1.42. The molecule has 29 heavy (non-hydrogen) atoms. The van der Waals surface area contributed by atoms with Crippen LogP contribution in [0.15, 0.2) is 78.9 Å². The minimum Gasteiger partial charge on any atom is -0.332 e. The van der Waals surface area contributed by atoms with Crippen molar-refractivity contribution in [1.82, 2.24) is 5.32 Å². The van der Waals surface area contributed by atoms with Crippen LogP contribution in [0.2, 0.25) is 0 Å². The Balaban J connectivity index is 1.58. The van der Waals surface area contributed by atoms with Crippen molar-refractivity contribution in [3.8, 4) is 0 Å². The van der Waals surface area contributed by atoms with E-state index in [9.17, 15) is 14.0 Å². The summed E-state index contributed by atoms with van der Waals surface area (Å²) in [7, 11) is 0. The maximum absolute atomic E-state index is 13.7. The Kier molecular flexibility index (Phi) is 6.65. The molecule has 0 saturated carbocycles. The second-order valence-electron chi connectivity index (χ2n) is 6.18. The minimum atomic E-state index is -0.645. The van der Waals surface area contributed by atoms with Crippen LogP contribution in [0.1, 0.15) is 15.9 Å². The number of anilines is 2. The summed E-state index contributed by atoms with van der Waals surface area (Å²) in [6.07, 6.45) is 0.260. The fourth-order valence-corrected chi connectivity index (χ4v) is 2.85. The molecule has 2 amide bonds. The van der Waals surface area contributed by atoms with Crippen molar-refractivity contribution in [2.45, 2.75) is 6.42 Å². The first kappa shape index (κ1) is 20.2. The standard InChI is InChI=1S/C22H18FN3O2S/c23-19-12-5-4-11-18(19)21(28)26-22(29)25-17-10-6-9-16(14-17)24-20(27)13-15-7-2-1-3-8-15/h1-12,14H,13H2,(H,24,27)(H2,25,26,28,29). The molecule has 0 aromatic heterocycles. The van der Waals surface area contributed by atoms with Gasteiger partial charge in [0.2, 0.25) is 5.91 Å². The van der Waals surface area contributed by atoms with Crippen molar-refractivity contribution in [2.24, 2.45) is 0 Å². The normalized spacial score (nSPS) is 10.1. The smallest absolute Gasteiger partial charge is 0.260 e. The molecule has 0 aliphatic heterocycles.